The number of nitrogens with two attached hydrogens (primary N) is 1. The smallest absolute Gasteiger partial charge is 0.253 e. The Morgan fingerprint density at radius 1 is 1.26 bits per heavy atom. The highest BCUT2D eigenvalue weighted by molar-refractivity contribution is 6.04. The van der Waals surface area contributed by atoms with Crippen LogP contribution in [0, 0.1) is 0 Å². The summed E-state index contributed by atoms with van der Waals surface area (Å²) in [6.07, 6.45) is 1.64. The molecule has 4 N–H and O–H groups in total. The molecular formula is C15H16N2O2. The third-order valence-corrected chi connectivity index (χ3v) is 3.70. The van der Waals surface area contributed by atoms with E-state index in [0.29, 0.717) is 11.3 Å². The van der Waals surface area contributed by atoms with Gasteiger partial charge in [-0.25, -0.2) is 0 Å². The Morgan fingerprint density at radius 3 is 2.47 bits per heavy atom. The average molecular weight is 256 g/mol. The minimum Gasteiger partial charge on any atom is -0.398 e. The second-order valence-corrected chi connectivity index (χ2v) is 5.18. The van der Waals surface area contributed by atoms with Gasteiger partial charge in [-0.2, -0.15) is 0 Å². The number of hydrogen-bond donors (Lipinski definition) is 3. The van der Waals surface area contributed by atoms with Crippen LogP contribution in [-0.4, -0.2) is 23.2 Å². The van der Waals surface area contributed by atoms with E-state index >= 15 is 0 Å². The van der Waals surface area contributed by atoms with Gasteiger partial charge in [0.15, 0.2) is 0 Å². The van der Waals surface area contributed by atoms with Gasteiger partial charge in [-0.1, -0.05) is 24.3 Å². The van der Waals surface area contributed by atoms with Crippen molar-refractivity contribution < 1.29 is 9.90 Å². The summed E-state index contributed by atoms with van der Waals surface area (Å²) in [7, 11) is 0. The summed E-state index contributed by atoms with van der Waals surface area (Å²) in [5.41, 5.74) is 6.46. The largest absolute Gasteiger partial charge is 0.398 e. The monoisotopic (exact) mass is 256 g/mol. The number of aliphatic hydroxyl groups is 1. The molecule has 19 heavy (non-hydrogen) atoms. The van der Waals surface area contributed by atoms with Crippen LogP contribution in [0.2, 0.25) is 0 Å². The normalized spacial score (nSPS) is 16.3. The lowest BCUT2D eigenvalue weighted by atomic mass is 10.0. The van der Waals surface area contributed by atoms with Gasteiger partial charge < -0.3 is 16.2 Å². The second kappa shape index (κ2) is 4.24. The van der Waals surface area contributed by atoms with Gasteiger partial charge in [0.2, 0.25) is 0 Å². The molecule has 0 aliphatic heterocycles. The summed E-state index contributed by atoms with van der Waals surface area (Å²) >= 11 is 0. The molecule has 1 saturated carbocycles. The predicted molar refractivity (Wildman–Crippen MR) is 74.9 cm³/mol. The van der Waals surface area contributed by atoms with Gasteiger partial charge in [-0.3, -0.25) is 4.79 Å². The molecule has 3 rings (SSSR count). The van der Waals surface area contributed by atoms with Crippen molar-refractivity contribution in [3.63, 3.8) is 0 Å². The molecule has 0 atom stereocenters. The highest BCUT2D eigenvalue weighted by atomic mass is 16.3. The Hall–Kier alpha value is -2.07. The molecule has 1 aliphatic carbocycles. The van der Waals surface area contributed by atoms with Crippen molar-refractivity contribution in [3.05, 3.63) is 42.0 Å². The number of rotatable bonds is 3. The molecular weight excluding hydrogens is 240 g/mol. The van der Waals surface area contributed by atoms with Crippen molar-refractivity contribution >= 4 is 22.4 Å². The number of hydrogen-bond acceptors (Lipinski definition) is 3. The minimum absolute atomic E-state index is 0.0216. The number of benzene rings is 2. The van der Waals surface area contributed by atoms with Gasteiger partial charge in [-0.05, 0) is 35.7 Å². The summed E-state index contributed by atoms with van der Waals surface area (Å²) in [4.78, 5) is 12.2. The number of aliphatic hydroxyl groups excluding tert-OH is 1. The van der Waals surface area contributed by atoms with Gasteiger partial charge in [0, 0.05) is 5.69 Å². The maximum Gasteiger partial charge on any atom is 0.253 e. The van der Waals surface area contributed by atoms with E-state index in [0.717, 1.165) is 23.6 Å². The Bertz CT molecular complexity index is 648. The van der Waals surface area contributed by atoms with E-state index in [1.807, 2.05) is 30.3 Å². The zero-order valence-electron chi connectivity index (χ0n) is 10.5. The summed E-state index contributed by atoms with van der Waals surface area (Å²) < 4.78 is 0. The van der Waals surface area contributed by atoms with E-state index < -0.39 is 5.54 Å². The molecule has 0 saturated heterocycles. The molecule has 0 aromatic heterocycles. The number of nitrogen functional groups attached to an aromatic ring is 1. The van der Waals surface area contributed by atoms with Crippen LogP contribution < -0.4 is 11.1 Å². The van der Waals surface area contributed by atoms with Crippen molar-refractivity contribution in [1.82, 2.24) is 5.32 Å². The van der Waals surface area contributed by atoms with Crippen molar-refractivity contribution in [2.24, 2.45) is 0 Å². The van der Waals surface area contributed by atoms with Crippen LogP contribution in [0.4, 0.5) is 5.69 Å². The fourth-order valence-electron chi connectivity index (χ4n) is 2.24. The van der Waals surface area contributed by atoms with Crippen molar-refractivity contribution in [3.8, 4) is 0 Å². The highest BCUT2D eigenvalue weighted by Gasteiger charge is 2.43. The van der Waals surface area contributed by atoms with E-state index in [9.17, 15) is 9.90 Å². The van der Waals surface area contributed by atoms with Crippen LogP contribution in [0.15, 0.2) is 36.4 Å². The molecule has 1 fully saturated rings. The van der Waals surface area contributed by atoms with E-state index in [1.54, 1.807) is 6.07 Å². The molecule has 98 valence electrons. The maximum absolute atomic E-state index is 12.2. The molecule has 1 amide bonds. The zero-order chi connectivity index (χ0) is 13.5. The van der Waals surface area contributed by atoms with Gasteiger partial charge in [0.05, 0.1) is 17.7 Å². The molecule has 4 heteroatoms. The van der Waals surface area contributed by atoms with Crippen molar-refractivity contribution in [2.45, 2.75) is 18.4 Å². The second-order valence-electron chi connectivity index (χ2n) is 5.18. The first-order valence-corrected chi connectivity index (χ1v) is 6.35. The molecule has 1 aliphatic rings. The standard InChI is InChI=1S/C15H16N2O2/c16-13-8-11-4-2-1-3-10(11)7-12(13)14(19)17-15(9-18)5-6-15/h1-4,7-8,18H,5-6,9,16H2,(H,17,19). The molecule has 2 aromatic rings. The van der Waals surface area contributed by atoms with Gasteiger partial charge in [0.1, 0.15) is 0 Å². The van der Waals surface area contributed by atoms with Crippen LogP contribution >= 0.6 is 0 Å². The SMILES string of the molecule is Nc1cc2ccccc2cc1C(=O)NC1(CO)CC1. The Labute approximate surface area is 111 Å². The van der Waals surface area contributed by atoms with Crippen molar-refractivity contribution in [1.29, 1.82) is 0 Å². The lowest BCUT2D eigenvalue weighted by molar-refractivity contribution is 0.0908. The Kier molecular flexibility index (Phi) is 2.68. The summed E-state index contributed by atoms with van der Waals surface area (Å²) in [5.74, 6) is -0.213. The quantitative estimate of drug-likeness (QED) is 0.731. The van der Waals surface area contributed by atoms with E-state index in [-0.39, 0.29) is 12.5 Å². The maximum atomic E-state index is 12.2. The number of amides is 1. The Balaban J connectivity index is 1.95. The molecule has 0 unspecified atom stereocenters. The predicted octanol–water partition coefficient (Wildman–Crippen LogP) is 1.68. The molecule has 0 heterocycles. The van der Waals surface area contributed by atoms with E-state index in [4.69, 9.17) is 5.73 Å². The third kappa shape index (κ3) is 2.15. The summed E-state index contributed by atoms with van der Waals surface area (Å²) in [5, 5.41) is 14.1. The fraction of sp³-hybridized carbons (Fsp3) is 0.267. The van der Waals surface area contributed by atoms with E-state index in [2.05, 4.69) is 5.32 Å². The first kappa shape index (κ1) is 12.0. The van der Waals surface area contributed by atoms with Crippen LogP contribution in [0.3, 0.4) is 0 Å². The number of carbonyl (C=O) groups is 1. The summed E-state index contributed by atoms with van der Waals surface area (Å²) in [6.45, 7) is -0.0216. The first-order chi connectivity index (χ1) is 9.13. The van der Waals surface area contributed by atoms with Crippen molar-refractivity contribution in [2.75, 3.05) is 12.3 Å². The van der Waals surface area contributed by atoms with Gasteiger partial charge >= 0.3 is 0 Å². The topological polar surface area (TPSA) is 75.4 Å². The molecule has 0 radical (unpaired) electrons. The zero-order valence-corrected chi connectivity index (χ0v) is 10.5. The number of carbonyl (C=O) groups excluding carboxylic acids is 1. The lowest BCUT2D eigenvalue weighted by Crippen LogP contribution is -2.39. The summed E-state index contributed by atoms with van der Waals surface area (Å²) in [6, 6.07) is 11.4. The third-order valence-electron chi connectivity index (χ3n) is 3.70. The van der Waals surface area contributed by atoms with Crippen LogP contribution in [0.1, 0.15) is 23.2 Å². The van der Waals surface area contributed by atoms with Gasteiger partial charge in [-0.15, -0.1) is 0 Å². The van der Waals surface area contributed by atoms with Gasteiger partial charge in [0.25, 0.3) is 5.91 Å². The molecule has 2 aromatic carbocycles. The lowest BCUT2D eigenvalue weighted by Gasteiger charge is -2.15. The first-order valence-electron chi connectivity index (χ1n) is 6.35. The molecule has 0 bridgehead atoms. The van der Waals surface area contributed by atoms with Crippen LogP contribution in [0.25, 0.3) is 10.8 Å². The number of nitrogens with one attached hydrogen (secondary N) is 1. The fourth-order valence-corrected chi connectivity index (χ4v) is 2.24. The Morgan fingerprint density at radius 2 is 1.89 bits per heavy atom. The molecule has 0 spiro atoms. The minimum atomic E-state index is -0.421. The van der Waals surface area contributed by atoms with Crippen LogP contribution in [0.5, 0.6) is 0 Å². The average Bonchev–Trinajstić information content (AvgIpc) is 3.18. The number of fused-ring (bicyclic) bond motifs is 1. The van der Waals surface area contributed by atoms with E-state index in [1.165, 1.54) is 0 Å². The molecule has 4 nitrogen and oxygen atoms in total. The van der Waals surface area contributed by atoms with Crippen LogP contribution in [-0.2, 0) is 0 Å². The highest BCUT2D eigenvalue weighted by Crippen LogP contribution is 2.35. The number of anilines is 1.